The summed E-state index contributed by atoms with van der Waals surface area (Å²) in [6.07, 6.45) is 2.28. The number of benzene rings is 1. The topological polar surface area (TPSA) is 35.3 Å². The van der Waals surface area contributed by atoms with Crippen LogP contribution in [0.25, 0.3) is 0 Å². The molecule has 0 bridgehead atoms. The van der Waals surface area contributed by atoms with Gasteiger partial charge in [-0.2, -0.15) is 0 Å². The van der Waals surface area contributed by atoms with Gasteiger partial charge in [0.25, 0.3) is 0 Å². The summed E-state index contributed by atoms with van der Waals surface area (Å²) in [6.45, 7) is 0. The number of rotatable bonds is 3. The predicted molar refractivity (Wildman–Crippen MR) is 52.3 cm³/mol. The summed E-state index contributed by atoms with van der Waals surface area (Å²) < 4.78 is 10.2. The zero-order valence-electron chi connectivity index (χ0n) is 7.93. The fourth-order valence-corrected chi connectivity index (χ4v) is 1.24. The average Bonchev–Trinajstić information content (AvgIpc) is 2.67. The number of nitrogens with zero attached hydrogens (tertiary/aromatic N) is 1. The molecule has 0 atom stereocenters. The highest BCUT2D eigenvalue weighted by molar-refractivity contribution is 5.18. The Bertz CT molecular complexity index is 395. The molecule has 3 heteroatoms. The van der Waals surface area contributed by atoms with Gasteiger partial charge in [0.15, 0.2) is 0 Å². The fraction of sp³-hybridized carbons (Fsp3) is 0.182. The van der Waals surface area contributed by atoms with Crippen molar-refractivity contribution in [2.75, 3.05) is 7.11 Å². The zero-order chi connectivity index (χ0) is 9.80. The van der Waals surface area contributed by atoms with Crippen molar-refractivity contribution in [2.45, 2.75) is 6.42 Å². The maximum Gasteiger partial charge on any atom is 0.304 e. The van der Waals surface area contributed by atoms with Gasteiger partial charge < -0.3 is 9.15 Å². The molecule has 2 rings (SSSR count). The third kappa shape index (κ3) is 1.93. The van der Waals surface area contributed by atoms with E-state index in [0.717, 1.165) is 0 Å². The Hall–Kier alpha value is -1.77. The molecule has 0 amide bonds. The van der Waals surface area contributed by atoms with Crippen LogP contribution in [-0.4, -0.2) is 12.1 Å². The third-order valence-corrected chi connectivity index (χ3v) is 1.93. The molecule has 0 unspecified atom stereocenters. The van der Waals surface area contributed by atoms with E-state index in [9.17, 15) is 0 Å². The molecule has 1 heterocycles. The van der Waals surface area contributed by atoms with Crippen molar-refractivity contribution >= 4 is 0 Å². The molecule has 14 heavy (non-hydrogen) atoms. The summed E-state index contributed by atoms with van der Waals surface area (Å²) in [5, 5.41) is 0. The fourth-order valence-electron chi connectivity index (χ4n) is 1.24. The van der Waals surface area contributed by atoms with Crippen LogP contribution in [0.2, 0.25) is 0 Å². The van der Waals surface area contributed by atoms with E-state index in [1.54, 1.807) is 13.3 Å². The highest BCUT2D eigenvalue weighted by Crippen LogP contribution is 2.14. The van der Waals surface area contributed by atoms with E-state index in [2.05, 4.69) is 4.98 Å². The zero-order valence-corrected chi connectivity index (χ0v) is 7.93. The maximum absolute atomic E-state index is 5.30. The first-order valence-electron chi connectivity index (χ1n) is 4.41. The van der Waals surface area contributed by atoms with Crippen molar-refractivity contribution in [2.24, 2.45) is 0 Å². The lowest BCUT2D eigenvalue weighted by Crippen LogP contribution is -1.86. The van der Waals surface area contributed by atoms with Crippen LogP contribution in [0.15, 0.2) is 40.9 Å². The smallest absolute Gasteiger partial charge is 0.304 e. The minimum Gasteiger partial charge on any atom is -0.467 e. The molecule has 0 aliphatic heterocycles. The van der Waals surface area contributed by atoms with Crippen LogP contribution in [0, 0.1) is 0 Å². The lowest BCUT2D eigenvalue weighted by atomic mass is 10.2. The van der Waals surface area contributed by atoms with Crippen LogP contribution in [0.4, 0.5) is 0 Å². The second kappa shape index (κ2) is 3.96. The van der Waals surface area contributed by atoms with Gasteiger partial charge in [-0.05, 0) is 5.56 Å². The van der Waals surface area contributed by atoms with Crippen molar-refractivity contribution in [1.29, 1.82) is 0 Å². The van der Waals surface area contributed by atoms with Crippen LogP contribution in [0.1, 0.15) is 11.5 Å². The molecule has 0 saturated carbocycles. The summed E-state index contributed by atoms with van der Waals surface area (Å²) in [6, 6.07) is 10.1. The molecule has 72 valence electrons. The lowest BCUT2D eigenvalue weighted by molar-refractivity contribution is 0.295. The number of ether oxygens (including phenoxy) is 1. The van der Waals surface area contributed by atoms with E-state index in [0.29, 0.717) is 18.3 Å². The molecule has 0 fully saturated rings. The van der Waals surface area contributed by atoms with Crippen molar-refractivity contribution in [3.63, 3.8) is 0 Å². The van der Waals surface area contributed by atoms with Gasteiger partial charge in [-0.3, -0.25) is 0 Å². The quantitative estimate of drug-likeness (QED) is 0.743. The Morgan fingerprint density at radius 3 is 2.71 bits per heavy atom. The summed E-state index contributed by atoms with van der Waals surface area (Å²) in [5.74, 6) is 1.13. The Morgan fingerprint density at radius 1 is 1.29 bits per heavy atom. The monoisotopic (exact) mass is 189 g/mol. The minimum atomic E-state index is 0.455. The van der Waals surface area contributed by atoms with Crippen molar-refractivity contribution in [3.05, 3.63) is 48.0 Å². The first-order valence-corrected chi connectivity index (χ1v) is 4.41. The number of hydrogen-bond donors (Lipinski definition) is 0. The van der Waals surface area contributed by atoms with E-state index < -0.39 is 0 Å². The van der Waals surface area contributed by atoms with Crippen molar-refractivity contribution in [3.8, 4) is 5.95 Å². The Balaban J connectivity index is 2.11. The highest BCUT2D eigenvalue weighted by atomic mass is 16.6. The third-order valence-electron chi connectivity index (χ3n) is 1.93. The number of aromatic nitrogens is 1. The lowest BCUT2D eigenvalue weighted by Gasteiger charge is -1.95. The van der Waals surface area contributed by atoms with Gasteiger partial charge in [-0.15, -0.1) is 0 Å². The van der Waals surface area contributed by atoms with E-state index in [-0.39, 0.29) is 0 Å². The normalized spacial score (nSPS) is 10.1. The number of methoxy groups -OCH3 is 1. The summed E-state index contributed by atoms with van der Waals surface area (Å²) in [7, 11) is 1.56. The molecule has 1 aromatic heterocycles. The molecule has 1 aromatic carbocycles. The van der Waals surface area contributed by atoms with Crippen LogP contribution in [0.3, 0.4) is 0 Å². The van der Waals surface area contributed by atoms with E-state index in [4.69, 9.17) is 9.15 Å². The van der Waals surface area contributed by atoms with Gasteiger partial charge in [0.05, 0.1) is 7.11 Å². The second-order valence-corrected chi connectivity index (χ2v) is 2.94. The maximum atomic E-state index is 5.30. The van der Waals surface area contributed by atoms with E-state index in [1.807, 2.05) is 30.3 Å². The van der Waals surface area contributed by atoms with Gasteiger partial charge in [0, 0.05) is 6.42 Å². The summed E-state index contributed by atoms with van der Waals surface area (Å²) >= 11 is 0. The molecule has 0 aliphatic rings. The molecular weight excluding hydrogens is 178 g/mol. The number of hydrogen-bond acceptors (Lipinski definition) is 3. The molecule has 0 aliphatic carbocycles. The Labute approximate surface area is 82.3 Å². The molecular formula is C11H11NO2. The first-order chi connectivity index (χ1) is 6.88. The highest BCUT2D eigenvalue weighted by Gasteiger charge is 2.03. The van der Waals surface area contributed by atoms with Crippen molar-refractivity contribution < 1.29 is 9.15 Å². The SMILES string of the molecule is COc1cnc(Cc2ccccc2)o1. The standard InChI is InChI=1S/C11H11NO2/c1-13-11-8-12-10(14-11)7-9-5-3-2-4-6-9/h2-6,8H,7H2,1H3. The van der Waals surface area contributed by atoms with Gasteiger partial charge in [-0.25, -0.2) is 4.98 Å². The molecule has 3 nitrogen and oxygen atoms in total. The predicted octanol–water partition coefficient (Wildman–Crippen LogP) is 2.27. The molecule has 0 saturated heterocycles. The van der Waals surface area contributed by atoms with Crippen LogP contribution in [0.5, 0.6) is 5.95 Å². The van der Waals surface area contributed by atoms with Crippen LogP contribution in [-0.2, 0) is 6.42 Å². The average molecular weight is 189 g/mol. The summed E-state index contributed by atoms with van der Waals surface area (Å²) in [4.78, 5) is 4.09. The van der Waals surface area contributed by atoms with Gasteiger partial charge in [0.2, 0.25) is 5.89 Å². The first kappa shape index (κ1) is 8.81. The van der Waals surface area contributed by atoms with Gasteiger partial charge >= 0.3 is 5.95 Å². The van der Waals surface area contributed by atoms with E-state index >= 15 is 0 Å². The van der Waals surface area contributed by atoms with Gasteiger partial charge in [-0.1, -0.05) is 30.3 Å². The van der Waals surface area contributed by atoms with Gasteiger partial charge in [0.1, 0.15) is 6.20 Å². The minimum absolute atomic E-state index is 0.455. The largest absolute Gasteiger partial charge is 0.467 e. The number of oxazole rings is 1. The van der Waals surface area contributed by atoms with Crippen molar-refractivity contribution in [1.82, 2.24) is 4.98 Å². The second-order valence-electron chi connectivity index (χ2n) is 2.94. The van der Waals surface area contributed by atoms with E-state index in [1.165, 1.54) is 5.56 Å². The molecule has 2 aromatic rings. The van der Waals surface area contributed by atoms with Crippen LogP contribution < -0.4 is 4.74 Å². The Morgan fingerprint density at radius 2 is 2.07 bits per heavy atom. The molecule has 0 spiro atoms. The molecule has 0 N–H and O–H groups in total. The summed E-state index contributed by atoms with van der Waals surface area (Å²) in [5.41, 5.74) is 1.18. The van der Waals surface area contributed by atoms with Crippen LogP contribution >= 0.6 is 0 Å². The Kier molecular flexibility index (Phi) is 2.49. The molecule has 0 radical (unpaired) electrons.